The van der Waals surface area contributed by atoms with E-state index in [9.17, 15) is 0 Å². The van der Waals surface area contributed by atoms with Gasteiger partial charge in [-0.1, -0.05) is 13.8 Å². The van der Waals surface area contributed by atoms with E-state index in [1.807, 2.05) is 0 Å². The Balaban J connectivity index is 1.39. The molecule has 0 amide bonds. The molecule has 2 saturated carbocycles. The standard InChI is InChI=1S/C16H30N2O/c1-12(2)17-9-15-7-8-16(19-15)11-18(14-5-6-14)10-13-3-4-13/h12-17H,3-11H2,1-2H3. The summed E-state index contributed by atoms with van der Waals surface area (Å²) in [5, 5.41) is 3.50. The predicted octanol–water partition coefficient (Wildman–Crippen LogP) is 2.41. The molecule has 0 aromatic rings. The molecule has 1 N–H and O–H groups in total. The van der Waals surface area contributed by atoms with Gasteiger partial charge in [0.05, 0.1) is 12.2 Å². The normalized spacial score (nSPS) is 31.6. The van der Waals surface area contributed by atoms with Crippen molar-refractivity contribution < 1.29 is 4.74 Å². The van der Waals surface area contributed by atoms with E-state index in [-0.39, 0.29) is 0 Å². The van der Waals surface area contributed by atoms with Gasteiger partial charge in [0, 0.05) is 31.7 Å². The highest BCUT2D eigenvalue weighted by Gasteiger charge is 2.36. The second kappa shape index (κ2) is 6.11. The predicted molar refractivity (Wildman–Crippen MR) is 78.4 cm³/mol. The van der Waals surface area contributed by atoms with Crippen LogP contribution in [-0.4, -0.2) is 48.8 Å². The molecule has 1 saturated heterocycles. The van der Waals surface area contributed by atoms with Gasteiger partial charge >= 0.3 is 0 Å². The van der Waals surface area contributed by atoms with Crippen LogP contribution < -0.4 is 5.32 Å². The van der Waals surface area contributed by atoms with Crippen molar-refractivity contribution in [3.8, 4) is 0 Å². The van der Waals surface area contributed by atoms with Gasteiger partial charge < -0.3 is 10.1 Å². The summed E-state index contributed by atoms with van der Waals surface area (Å²) in [6.07, 6.45) is 9.25. The second-order valence-electron chi connectivity index (χ2n) is 7.15. The van der Waals surface area contributed by atoms with Crippen molar-refractivity contribution in [2.75, 3.05) is 19.6 Å². The first-order valence-corrected chi connectivity index (χ1v) is 8.33. The smallest absolute Gasteiger partial charge is 0.0707 e. The number of rotatable bonds is 8. The van der Waals surface area contributed by atoms with E-state index >= 15 is 0 Å². The van der Waals surface area contributed by atoms with Gasteiger partial charge in [-0.2, -0.15) is 0 Å². The molecule has 110 valence electrons. The molecule has 3 fully saturated rings. The molecule has 0 aromatic heterocycles. The minimum absolute atomic E-state index is 0.453. The van der Waals surface area contributed by atoms with Crippen molar-refractivity contribution >= 4 is 0 Å². The molecule has 3 rings (SSSR count). The molecule has 3 heteroatoms. The lowest BCUT2D eigenvalue weighted by atomic mass is 10.1. The van der Waals surface area contributed by atoms with Crippen molar-refractivity contribution in [1.29, 1.82) is 0 Å². The maximum Gasteiger partial charge on any atom is 0.0707 e. The third-order valence-corrected chi connectivity index (χ3v) is 4.64. The molecule has 1 heterocycles. The van der Waals surface area contributed by atoms with Crippen molar-refractivity contribution in [3.05, 3.63) is 0 Å². The molecule has 19 heavy (non-hydrogen) atoms. The summed E-state index contributed by atoms with van der Waals surface area (Å²) in [6, 6.07) is 1.47. The topological polar surface area (TPSA) is 24.5 Å². The summed E-state index contributed by atoms with van der Waals surface area (Å²) in [7, 11) is 0. The minimum atomic E-state index is 0.453. The summed E-state index contributed by atoms with van der Waals surface area (Å²) < 4.78 is 6.22. The summed E-state index contributed by atoms with van der Waals surface area (Å²) >= 11 is 0. The van der Waals surface area contributed by atoms with Crippen LogP contribution in [0.25, 0.3) is 0 Å². The molecular formula is C16H30N2O. The van der Waals surface area contributed by atoms with Crippen LogP contribution in [0.1, 0.15) is 52.4 Å². The number of ether oxygens (including phenoxy) is 1. The lowest BCUT2D eigenvalue weighted by molar-refractivity contribution is 0.0200. The summed E-state index contributed by atoms with van der Waals surface area (Å²) in [5.74, 6) is 1.01. The van der Waals surface area contributed by atoms with E-state index in [0.717, 1.165) is 18.5 Å². The van der Waals surface area contributed by atoms with Crippen LogP contribution in [-0.2, 0) is 4.74 Å². The average molecular weight is 266 g/mol. The van der Waals surface area contributed by atoms with Gasteiger partial charge in [-0.05, 0) is 44.4 Å². The lowest BCUT2D eigenvalue weighted by Crippen LogP contribution is -2.37. The summed E-state index contributed by atoms with van der Waals surface area (Å²) in [4.78, 5) is 2.74. The van der Waals surface area contributed by atoms with Gasteiger partial charge in [-0.25, -0.2) is 0 Å². The Morgan fingerprint density at radius 1 is 1.00 bits per heavy atom. The zero-order valence-electron chi connectivity index (χ0n) is 12.6. The highest BCUT2D eigenvalue weighted by molar-refractivity contribution is 4.90. The van der Waals surface area contributed by atoms with Crippen molar-refractivity contribution in [2.24, 2.45) is 5.92 Å². The summed E-state index contributed by atoms with van der Waals surface area (Å²) in [5.41, 5.74) is 0. The van der Waals surface area contributed by atoms with E-state index in [2.05, 4.69) is 24.1 Å². The molecule has 2 unspecified atom stereocenters. The van der Waals surface area contributed by atoms with Gasteiger partial charge in [0.2, 0.25) is 0 Å². The fraction of sp³-hybridized carbons (Fsp3) is 1.00. The van der Waals surface area contributed by atoms with E-state index in [1.54, 1.807) is 0 Å². The Kier molecular flexibility index (Phi) is 4.45. The largest absolute Gasteiger partial charge is 0.372 e. The average Bonchev–Trinajstić information content (AvgIpc) is 3.26. The van der Waals surface area contributed by atoms with Crippen LogP contribution in [0.15, 0.2) is 0 Å². The molecule has 0 radical (unpaired) electrons. The number of hydrogen-bond acceptors (Lipinski definition) is 3. The number of nitrogens with one attached hydrogen (secondary N) is 1. The Morgan fingerprint density at radius 2 is 1.74 bits per heavy atom. The Labute approximate surface area is 118 Å². The van der Waals surface area contributed by atoms with Crippen LogP contribution in [0.5, 0.6) is 0 Å². The van der Waals surface area contributed by atoms with Crippen LogP contribution >= 0.6 is 0 Å². The molecule has 0 aromatic carbocycles. The van der Waals surface area contributed by atoms with Crippen LogP contribution in [0, 0.1) is 5.92 Å². The SMILES string of the molecule is CC(C)NCC1CCC(CN(CC2CC2)C2CC2)O1. The van der Waals surface area contributed by atoms with Crippen LogP contribution in [0.4, 0.5) is 0 Å². The monoisotopic (exact) mass is 266 g/mol. The van der Waals surface area contributed by atoms with Gasteiger partial charge in [-0.15, -0.1) is 0 Å². The zero-order chi connectivity index (χ0) is 13.2. The third-order valence-electron chi connectivity index (χ3n) is 4.64. The molecule has 3 aliphatic rings. The molecule has 0 spiro atoms. The third kappa shape index (κ3) is 4.44. The van der Waals surface area contributed by atoms with E-state index < -0.39 is 0 Å². The second-order valence-corrected chi connectivity index (χ2v) is 7.15. The molecular weight excluding hydrogens is 236 g/mol. The maximum absolute atomic E-state index is 6.22. The van der Waals surface area contributed by atoms with Crippen molar-refractivity contribution in [3.63, 3.8) is 0 Å². The van der Waals surface area contributed by atoms with Gasteiger partial charge in [0.25, 0.3) is 0 Å². The van der Waals surface area contributed by atoms with Gasteiger partial charge in [0.1, 0.15) is 0 Å². The van der Waals surface area contributed by atoms with E-state index in [0.29, 0.717) is 18.2 Å². The highest BCUT2D eigenvalue weighted by Crippen LogP contribution is 2.35. The van der Waals surface area contributed by atoms with Crippen LogP contribution in [0.3, 0.4) is 0 Å². The zero-order valence-corrected chi connectivity index (χ0v) is 12.6. The molecule has 0 bridgehead atoms. The Morgan fingerprint density at radius 3 is 2.37 bits per heavy atom. The first-order valence-electron chi connectivity index (χ1n) is 8.33. The van der Waals surface area contributed by atoms with E-state index in [4.69, 9.17) is 4.74 Å². The lowest BCUT2D eigenvalue weighted by Gasteiger charge is -2.25. The Bertz CT molecular complexity index is 286. The fourth-order valence-corrected chi connectivity index (χ4v) is 3.14. The van der Waals surface area contributed by atoms with Crippen molar-refractivity contribution in [1.82, 2.24) is 10.2 Å². The first-order chi connectivity index (χ1) is 9.20. The van der Waals surface area contributed by atoms with Crippen LogP contribution in [0.2, 0.25) is 0 Å². The highest BCUT2D eigenvalue weighted by atomic mass is 16.5. The summed E-state index contributed by atoms with van der Waals surface area (Å²) in [6.45, 7) is 7.98. The molecule has 2 aliphatic carbocycles. The fourth-order valence-electron chi connectivity index (χ4n) is 3.14. The minimum Gasteiger partial charge on any atom is -0.372 e. The quantitative estimate of drug-likeness (QED) is 0.730. The number of hydrogen-bond donors (Lipinski definition) is 1. The number of nitrogens with zero attached hydrogens (tertiary/aromatic N) is 1. The maximum atomic E-state index is 6.22. The van der Waals surface area contributed by atoms with Crippen molar-refractivity contribution in [2.45, 2.75) is 76.7 Å². The van der Waals surface area contributed by atoms with Gasteiger partial charge in [-0.3, -0.25) is 4.90 Å². The molecule has 2 atom stereocenters. The van der Waals surface area contributed by atoms with E-state index in [1.165, 1.54) is 51.6 Å². The molecule has 3 nitrogen and oxygen atoms in total. The first kappa shape index (κ1) is 13.8. The Hall–Kier alpha value is -0.120. The van der Waals surface area contributed by atoms with Gasteiger partial charge in [0.15, 0.2) is 0 Å². The molecule has 1 aliphatic heterocycles.